The first-order valence-electron chi connectivity index (χ1n) is 9.68. The molecule has 0 saturated carbocycles. The van der Waals surface area contributed by atoms with E-state index in [4.69, 9.17) is 9.47 Å². The second-order valence-electron chi connectivity index (χ2n) is 7.04. The fraction of sp³-hybridized carbons (Fsp3) is 0.391. The molecule has 1 saturated heterocycles. The number of unbranched alkanes of at least 4 members (excludes halogenated alkanes) is 1. The van der Waals surface area contributed by atoms with Gasteiger partial charge in [-0.1, -0.05) is 50.3 Å². The van der Waals surface area contributed by atoms with Gasteiger partial charge in [-0.15, -0.1) is 0 Å². The zero-order valence-electron chi connectivity index (χ0n) is 16.0. The quantitative estimate of drug-likeness (QED) is 0.506. The summed E-state index contributed by atoms with van der Waals surface area (Å²) in [7, 11) is 0. The predicted octanol–water partition coefficient (Wildman–Crippen LogP) is 6.45. The Morgan fingerprint density at radius 2 is 1.89 bits per heavy atom. The number of ether oxygens (including phenoxy) is 2. The maximum absolute atomic E-state index is 14.8. The fourth-order valence-electron chi connectivity index (χ4n) is 3.43. The van der Waals surface area contributed by atoms with Crippen molar-refractivity contribution in [2.45, 2.75) is 44.8 Å². The van der Waals surface area contributed by atoms with Crippen LogP contribution in [0.5, 0.6) is 0 Å². The van der Waals surface area contributed by atoms with E-state index in [9.17, 15) is 13.2 Å². The van der Waals surface area contributed by atoms with E-state index in [0.717, 1.165) is 12.8 Å². The molecule has 150 valence electrons. The monoisotopic (exact) mass is 390 g/mol. The molecule has 0 aromatic heterocycles. The summed E-state index contributed by atoms with van der Waals surface area (Å²) in [5.74, 6) is -2.84. The zero-order valence-corrected chi connectivity index (χ0v) is 16.0. The molecule has 0 N–H and O–H groups in total. The second-order valence-corrected chi connectivity index (χ2v) is 7.04. The molecule has 0 bridgehead atoms. The molecule has 0 aliphatic carbocycles. The number of hydrogen-bond acceptors (Lipinski definition) is 2. The number of hydrogen-bond donors (Lipinski definition) is 0. The maximum atomic E-state index is 14.8. The Kier molecular flexibility index (Phi) is 6.92. The third-order valence-electron chi connectivity index (χ3n) is 5.11. The van der Waals surface area contributed by atoms with Gasteiger partial charge in [0, 0.05) is 23.7 Å². The molecule has 2 unspecified atom stereocenters. The van der Waals surface area contributed by atoms with Gasteiger partial charge in [-0.2, -0.15) is 0 Å². The Morgan fingerprint density at radius 3 is 2.54 bits per heavy atom. The lowest BCUT2D eigenvalue weighted by Gasteiger charge is -2.29. The molecular formula is C23H25F3O2. The first-order chi connectivity index (χ1) is 13.5. The van der Waals surface area contributed by atoms with E-state index in [1.807, 2.05) is 0 Å². The molecular weight excluding hydrogens is 365 g/mol. The van der Waals surface area contributed by atoms with Gasteiger partial charge in [-0.3, -0.25) is 0 Å². The van der Waals surface area contributed by atoms with Crippen molar-refractivity contribution in [1.29, 1.82) is 0 Å². The standard InChI is InChI=1S/C23H25F3O2/c1-3-5-12-27-21-11-7-16(14-28-21)17-9-10-19(23(26)22(17)25)18-8-6-15(4-2)13-20(18)24/h4,6,8-10,13,16,21H,2-3,5,7,11-12,14H2,1H3. The molecule has 28 heavy (non-hydrogen) atoms. The van der Waals surface area contributed by atoms with E-state index in [1.165, 1.54) is 30.3 Å². The van der Waals surface area contributed by atoms with Crippen molar-refractivity contribution in [2.75, 3.05) is 13.2 Å². The number of benzene rings is 2. The minimum absolute atomic E-state index is 0.0258. The molecule has 1 aliphatic rings. The van der Waals surface area contributed by atoms with Gasteiger partial charge >= 0.3 is 0 Å². The first kappa shape index (κ1) is 20.6. The highest BCUT2D eigenvalue weighted by atomic mass is 19.2. The van der Waals surface area contributed by atoms with Crippen LogP contribution in [0, 0.1) is 17.5 Å². The van der Waals surface area contributed by atoms with Crippen LogP contribution in [0.2, 0.25) is 0 Å². The summed E-state index contributed by atoms with van der Waals surface area (Å²) in [6, 6.07) is 7.27. The third kappa shape index (κ3) is 4.47. The van der Waals surface area contributed by atoms with Gasteiger partial charge in [0.05, 0.1) is 6.61 Å². The molecule has 1 aliphatic heterocycles. The average Bonchev–Trinajstić information content (AvgIpc) is 2.71. The summed E-state index contributed by atoms with van der Waals surface area (Å²) in [6.45, 7) is 6.57. The van der Waals surface area contributed by atoms with Crippen LogP contribution in [0.3, 0.4) is 0 Å². The van der Waals surface area contributed by atoms with Crippen LogP contribution < -0.4 is 0 Å². The van der Waals surface area contributed by atoms with Crippen molar-refractivity contribution in [3.8, 4) is 11.1 Å². The van der Waals surface area contributed by atoms with Crippen molar-refractivity contribution in [2.24, 2.45) is 0 Å². The topological polar surface area (TPSA) is 18.5 Å². The van der Waals surface area contributed by atoms with Gasteiger partial charge in [0.2, 0.25) is 0 Å². The van der Waals surface area contributed by atoms with Crippen LogP contribution in [0.4, 0.5) is 13.2 Å². The summed E-state index contributed by atoms with van der Waals surface area (Å²) in [4.78, 5) is 0. The van der Waals surface area contributed by atoms with Gasteiger partial charge in [0.1, 0.15) is 5.82 Å². The van der Waals surface area contributed by atoms with Crippen LogP contribution in [0.15, 0.2) is 36.9 Å². The minimum atomic E-state index is -1.04. The van der Waals surface area contributed by atoms with Gasteiger partial charge < -0.3 is 9.47 Å². The van der Waals surface area contributed by atoms with Crippen LogP contribution in [0.25, 0.3) is 17.2 Å². The molecule has 1 fully saturated rings. The Hall–Kier alpha value is -2.11. The van der Waals surface area contributed by atoms with E-state index < -0.39 is 17.5 Å². The summed E-state index contributed by atoms with van der Waals surface area (Å²) in [5, 5.41) is 0. The smallest absolute Gasteiger partial charge is 0.167 e. The molecule has 3 rings (SSSR count). The largest absolute Gasteiger partial charge is 0.353 e. The Bertz CT molecular complexity index is 827. The fourth-order valence-corrected chi connectivity index (χ4v) is 3.43. The van der Waals surface area contributed by atoms with Crippen molar-refractivity contribution in [3.05, 3.63) is 65.5 Å². The molecule has 0 spiro atoms. The lowest BCUT2D eigenvalue weighted by molar-refractivity contribution is -0.167. The van der Waals surface area contributed by atoms with E-state index in [2.05, 4.69) is 13.5 Å². The summed E-state index contributed by atoms with van der Waals surface area (Å²) >= 11 is 0. The summed E-state index contributed by atoms with van der Waals surface area (Å²) in [6.07, 6.45) is 4.50. The molecule has 1 heterocycles. The van der Waals surface area contributed by atoms with E-state index in [1.54, 1.807) is 6.07 Å². The van der Waals surface area contributed by atoms with Crippen molar-refractivity contribution in [3.63, 3.8) is 0 Å². The highest BCUT2D eigenvalue weighted by Crippen LogP contribution is 2.35. The lowest BCUT2D eigenvalue weighted by atomic mass is 9.90. The molecule has 0 amide bonds. The van der Waals surface area contributed by atoms with Crippen LogP contribution >= 0.6 is 0 Å². The van der Waals surface area contributed by atoms with E-state index in [-0.39, 0.29) is 35.5 Å². The first-order valence-corrected chi connectivity index (χ1v) is 9.68. The van der Waals surface area contributed by atoms with Crippen molar-refractivity contribution in [1.82, 2.24) is 0 Å². The third-order valence-corrected chi connectivity index (χ3v) is 5.11. The van der Waals surface area contributed by atoms with E-state index in [0.29, 0.717) is 25.0 Å². The molecule has 2 atom stereocenters. The maximum Gasteiger partial charge on any atom is 0.167 e. The normalized spacial score (nSPS) is 19.6. The number of rotatable bonds is 7. The van der Waals surface area contributed by atoms with Crippen LogP contribution in [-0.4, -0.2) is 19.5 Å². The van der Waals surface area contributed by atoms with E-state index >= 15 is 0 Å². The molecule has 5 heteroatoms. The molecule has 2 aromatic rings. The summed E-state index contributed by atoms with van der Waals surface area (Å²) in [5.41, 5.74) is 0.773. The summed E-state index contributed by atoms with van der Waals surface area (Å²) < 4.78 is 55.1. The van der Waals surface area contributed by atoms with Crippen LogP contribution in [-0.2, 0) is 9.47 Å². The Balaban J connectivity index is 1.75. The van der Waals surface area contributed by atoms with Crippen molar-refractivity contribution < 1.29 is 22.6 Å². The van der Waals surface area contributed by atoms with Crippen molar-refractivity contribution >= 4 is 6.08 Å². The number of halogens is 3. The molecule has 2 nitrogen and oxygen atoms in total. The zero-order chi connectivity index (χ0) is 20.1. The average molecular weight is 390 g/mol. The molecule has 0 radical (unpaired) electrons. The predicted molar refractivity (Wildman–Crippen MR) is 104 cm³/mol. The van der Waals surface area contributed by atoms with Gasteiger partial charge in [-0.05, 0) is 36.5 Å². The second kappa shape index (κ2) is 9.39. The molecule has 2 aromatic carbocycles. The van der Waals surface area contributed by atoms with Gasteiger partial charge in [0.15, 0.2) is 17.9 Å². The Labute approximate surface area is 164 Å². The highest BCUT2D eigenvalue weighted by Gasteiger charge is 2.27. The van der Waals surface area contributed by atoms with Crippen LogP contribution in [0.1, 0.15) is 49.7 Å². The minimum Gasteiger partial charge on any atom is -0.353 e. The van der Waals surface area contributed by atoms with Gasteiger partial charge in [-0.25, -0.2) is 13.2 Å². The lowest BCUT2D eigenvalue weighted by Crippen LogP contribution is -2.28. The van der Waals surface area contributed by atoms with Gasteiger partial charge in [0.25, 0.3) is 0 Å². The SMILES string of the molecule is C=Cc1ccc(-c2ccc(C3CCC(OCCCC)OC3)c(F)c2F)c(F)c1. The highest BCUT2D eigenvalue weighted by molar-refractivity contribution is 5.67. The Morgan fingerprint density at radius 1 is 1.11 bits per heavy atom.